The number of nitrogen functional groups attached to an aromatic ring is 1. The van der Waals surface area contributed by atoms with Crippen LogP contribution in [-0.2, 0) is 0 Å². The van der Waals surface area contributed by atoms with Gasteiger partial charge in [-0.15, -0.1) is 0 Å². The van der Waals surface area contributed by atoms with Gasteiger partial charge in [0, 0.05) is 24.8 Å². The highest BCUT2D eigenvalue weighted by Gasteiger charge is 2.23. The maximum Gasteiger partial charge on any atom is 0.282 e. The third kappa shape index (κ3) is 2.97. The Labute approximate surface area is 106 Å². The van der Waals surface area contributed by atoms with Crippen LogP contribution in [0.2, 0.25) is 0 Å². The maximum absolute atomic E-state index is 12.2. The summed E-state index contributed by atoms with van der Waals surface area (Å²) in [7, 11) is 0. The van der Waals surface area contributed by atoms with Crippen LogP contribution in [0.4, 0.5) is 11.4 Å². The van der Waals surface area contributed by atoms with E-state index in [1.807, 2.05) is 13.8 Å². The molecule has 0 atom stereocenters. The molecule has 1 aromatic rings. The van der Waals surface area contributed by atoms with Crippen LogP contribution >= 0.6 is 0 Å². The largest absolute Gasteiger partial charge is 0.399 e. The van der Waals surface area contributed by atoms with Crippen LogP contribution in [0, 0.1) is 10.1 Å². The topological polar surface area (TPSA) is 89.5 Å². The Bertz CT molecular complexity index is 460. The van der Waals surface area contributed by atoms with E-state index < -0.39 is 4.92 Å². The second kappa shape index (κ2) is 6.00. The molecule has 0 saturated carbocycles. The van der Waals surface area contributed by atoms with Crippen molar-refractivity contribution in [3.8, 4) is 0 Å². The highest BCUT2D eigenvalue weighted by atomic mass is 16.6. The Morgan fingerprint density at radius 3 is 2.61 bits per heavy atom. The van der Waals surface area contributed by atoms with Gasteiger partial charge >= 0.3 is 0 Å². The SMILES string of the molecule is CCCN(CC)C(=O)c1cc(N)ccc1[N+](=O)[O-]. The van der Waals surface area contributed by atoms with E-state index in [2.05, 4.69) is 0 Å². The fourth-order valence-electron chi connectivity index (χ4n) is 1.73. The van der Waals surface area contributed by atoms with Gasteiger partial charge in [-0.1, -0.05) is 6.92 Å². The van der Waals surface area contributed by atoms with E-state index in [0.29, 0.717) is 18.8 Å². The van der Waals surface area contributed by atoms with E-state index in [9.17, 15) is 14.9 Å². The summed E-state index contributed by atoms with van der Waals surface area (Å²) in [6.45, 7) is 4.87. The number of hydrogen-bond donors (Lipinski definition) is 1. The number of nitro groups is 1. The lowest BCUT2D eigenvalue weighted by atomic mass is 10.1. The standard InChI is InChI=1S/C12H17N3O3/c1-3-7-14(4-2)12(16)10-8-9(13)5-6-11(10)15(17)18/h5-6,8H,3-4,7,13H2,1-2H3. The van der Waals surface area contributed by atoms with Gasteiger partial charge in [0.05, 0.1) is 4.92 Å². The van der Waals surface area contributed by atoms with Gasteiger partial charge in [0.1, 0.15) is 5.56 Å². The van der Waals surface area contributed by atoms with Crippen molar-refractivity contribution in [2.45, 2.75) is 20.3 Å². The van der Waals surface area contributed by atoms with Gasteiger partial charge < -0.3 is 10.6 Å². The fraction of sp³-hybridized carbons (Fsp3) is 0.417. The van der Waals surface area contributed by atoms with Crippen LogP contribution in [0.15, 0.2) is 18.2 Å². The van der Waals surface area contributed by atoms with Crippen LogP contribution in [0.1, 0.15) is 30.6 Å². The molecule has 98 valence electrons. The maximum atomic E-state index is 12.2. The third-order valence-corrected chi connectivity index (χ3v) is 2.61. The molecule has 6 nitrogen and oxygen atoms in total. The van der Waals surface area contributed by atoms with Crippen molar-refractivity contribution >= 4 is 17.3 Å². The van der Waals surface area contributed by atoms with Gasteiger partial charge in [-0.05, 0) is 25.5 Å². The minimum Gasteiger partial charge on any atom is -0.399 e. The number of amides is 1. The van der Waals surface area contributed by atoms with Gasteiger partial charge in [-0.3, -0.25) is 14.9 Å². The Hall–Kier alpha value is -2.11. The quantitative estimate of drug-likeness (QED) is 0.492. The summed E-state index contributed by atoms with van der Waals surface area (Å²) >= 11 is 0. The highest BCUT2D eigenvalue weighted by Crippen LogP contribution is 2.22. The summed E-state index contributed by atoms with van der Waals surface area (Å²) in [6.07, 6.45) is 0.801. The number of hydrogen-bond acceptors (Lipinski definition) is 4. The molecule has 6 heteroatoms. The van der Waals surface area contributed by atoms with E-state index in [4.69, 9.17) is 5.73 Å². The third-order valence-electron chi connectivity index (χ3n) is 2.61. The molecule has 18 heavy (non-hydrogen) atoms. The first kappa shape index (κ1) is 14.0. The van der Waals surface area contributed by atoms with E-state index in [1.54, 1.807) is 4.90 Å². The van der Waals surface area contributed by atoms with Crippen molar-refractivity contribution in [3.63, 3.8) is 0 Å². The molecule has 0 aliphatic carbocycles. The molecule has 0 radical (unpaired) electrons. The van der Waals surface area contributed by atoms with Crippen molar-refractivity contribution in [3.05, 3.63) is 33.9 Å². The number of anilines is 1. The predicted octanol–water partition coefficient (Wildman–Crippen LogP) is 2.05. The lowest BCUT2D eigenvalue weighted by Gasteiger charge is -2.20. The minimum atomic E-state index is -0.563. The number of carbonyl (C=O) groups is 1. The summed E-state index contributed by atoms with van der Waals surface area (Å²) in [5, 5.41) is 10.9. The molecular formula is C12H17N3O3. The number of rotatable bonds is 5. The molecule has 2 N–H and O–H groups in total. The number of benzene rings is 1. The van der Waals surface area contributed by atoms with Crippen molar-refractivity contribution in [1.29, 1.82) is 0 Å². The van der Waals surface area contributed by atoms with Crippen molar-refractivity contribution < 1.29 is 9.72 Å². The average molecular weight is 251 g/mol. The molecule has 0 aromatic heterocycles. The molecule has 0 spiro atoms. The Kier molecular flexibility index (Phi) is 4.65. The summed E-state index contributed by atoms with van der Waals surface area (Å²) in [4.78, 5) is 24.1. The van der Waals surface area contributed by atoms with E-state index in [-0.39, 0.29) is 17.2 Å². The zero-order valence-corrected chi connectivity index (χ0v) is 10.5. The molecule has 1 aromatic carbocycles. The Balaban J connectivity index is 3.17. The van der Waals surface area contributed by atoms with Crippen LogP contribution in [0.3, 0.4) is 0 Å². The molecule has 0 unspecified atom stereocenters. The first-order chi connectivity index (χ1) is 8.51. The van der Waals surface area contributed by atoms with Crippen LogP contribution in [0.5, 0.6) is 0 Å². The van der Waals surface area contributed by atoms with E-state index >= 15 is 0 Å². The van der Waals surface area contributed by atoms with Crippen LogP contribution in [-0.4, -0.2) is 28.8 Å². The number of nitro benzene ring substituents is 1. The van der Waals surface area contributed by atoms with Gasteiger partial charge in [0.25, 0.3) is 11.6 Å². The lowest BCUT2D eigenvalue weighted by Crippen LogP contribution is -2.32. The average Bonchev–Trinajstić information content (AvgIpc) is 2.34. The molecule has 0 aliphatic heterocycles. The van der Waals surface area contributed by atoms with Gasteiger partial charge in [-0.2, -0.15) is 0 Å². The summed E-state index contributed by atoms with van der Waals surface area (Å²) < 4.78 is 0. The van der Waals surface area contributed by atoms with E-state index in [0.717, 1.165) is 6.42 Å². The molecule has 0 saturated heterocycles. The summed E-state index contributed by atoms with van der Waals surface area (Å²) in [5.41, 5.74) is 5.78. The molecule has 0 aliphatic rings. The number of nitrogens with two attached hydrogens (primary N) is 1. The summed E-state index contributed by atoms with van der Waals surface area (Å²) in [5.74, 6) is -0.349. The number of carbonyl (C=O) groups excluding carboxylic acids is 1. The normalized spacial score (nSPS) is 10.1. The molecule has 0 fully saturated rings. The van der Waals surface area contributed by atoms with Crippen molar-refractivity contribution in [2.75, 3.05) is 18.8 Å². The molecule has 1 rings (SSSR count). The first-order valence-corrected chi connectivity index (χ1v) is 5.84. The zero-order chi connectivity index (χ0) is 13.7. The zero-order valence-electron chi connectivity index (χ0n) is 10.5. The van der Waals surface area contributed by atoms with Gasteiger partial charge in [-0.25, -0.2) is 0 Å². The second-order valence-electron chi connectivity index (χ2n) is 3.92. The smallest absolute Gasteiger partial charge is 0.282 e. The second-order valence-corrected chi connectivity index (χ2v) is 3.92. The lowest BCUT2D eigenvalue weighted by molar-refractivity contribution is -0.385. The number of nitrogens with zero attached hydrogens (tertiary/aromatic N) is 2. The van der Waals surface area contributed by atoms with E-state index in [1.165, 1.54) is 18.2 Å². The van der Waals surface area contributed by atoms with Crippen LogP contribution < -0.4 is 5.73 Å². The predicted molar refractivity (Wildman–Crippen MR) is 69.4 cm³/mol. The Morgan fingerprint density at radius 1 is 1.44 bits per heavy atom. The minimum absolute atomic E-state index is 0.0512. The Morgan fingerprint density at radius 2 is 2.11 bits per heavy atom. The highest BCUT2D eigenvalue weighted by molar-refractivity contribution is 5.99. The van der Waals surface area contributed by atoms with Crippen molar-refractivity contribution in [2.24, 2.45) is 0 Å². The van der Waals surface area contributed by atoms with Crippen LogP contribution in [0.25, 0.3) is 0 Å². The molecular weight excluding hydrogens is 234 g/mol. The van der Waals surface area contributed by atoms with Crippen molar-refractivity contribution in [1.82, 2.24) is 4.90 Å². The molecule has 0 bridgehead atoms. The molecule has 1 amide bonds. The summed E-state index contributed by atoms with van der Waals surface area (Å²) in [6, 6.07) is 4.05. The molecule has 0 heterocycles. The fourth-order valence-corrected chi connectivity index (χ4v) is 1.73. The first-order valence-electron chi connectivity index (χ1n) is 5.84. The monoisotopic (exact) mass is 251 g/mol. The van der Waals surface area contributed by atoms with Gasteiger partial charge in [0.15, 0.2) is 0 Å². The van der Waals surface area contributed by atoms with Gasteiger partial charge in [0.2, 0.25) is 0 Å².